The van der Waals surface area contributed by atoms with E-state index in [1.54, 1.807) is 26.4 Å². The molecule has 1 atom stereocenters. The average Bonchev–Trinajstić information content (AvgIpc) is 2.96. The van der Waals surface area contributed by atoms with Crippen molar-refractivity contribution in [1.82, 2.24) is 10.1 Å². The van der Waals surface area contributed by atoms with E-state index in [1.807, 2.05) is 13.8 Å². The normalized spacial score (nSPS) is 12.5. The first-order valence-electron chi connectivity index (χ1n) is 6.48. The van der Waals surface area contributed by atoms with Crippen LogP contribution in [0.25, 0.3) is 0 Å². The molecule has 0 aliphatic heterocycles. The lowest BCUT2D eigenvalue weighted by atomic mass is 10.1. The minimum absolute atomic E-state index is 0.160. The van der Waals surface area contributed by atoms with E-state index in [0.717, 1.165) is 10.0 Å². The van der Waals surface area contributed by atoms with Crippen molar-refractivity contribution in [2.24, 2.45) is 5.73 Å². The maximum Gasteiger partial charge on any atom is 0.229 e. The minimum Gasteiger partial charge on any atom is -0.493 e. The summed E-state index contributed by atoms with van der Waals surface area (Å²) in [7, 11) is 3.16. The Labute approximate surface area is 131 Å². The predicted molar refractivity (Wildman–Crippen MR) is 81.7 cm³/mol. The predicted octanol–water partition coefficient (Wildman–Crippen LogP) is 3.02. The van der Waals surface area contributed by atoms with E-state index in [2.05, 4.69) is 26.1 Å². The number of benzene rings is 1. The Bertz CT molecular complexity index is 628. The van der Waals surface area contributed by atoms with Gasteiger partial charge in [0.05, 0.1) is 20.3 Å². The number of halogens is 1. The van der Waals surface area contributed by atoms with Crippen LogP contribution in [-0.2, 0) is 0 Å². The molecular formula is C14H18BrN3O3. The molecule has 0 aliphatic rings. The van der Waals surface area contributed by atoms with Crippen molar-refractivity contribution in [3.8, 4) is 11.5 Å². The van der Waals surface area contributed by atoms with Crippen molar-refractivity contribution in [2.75, 3.05) is 14.2 Å². The molecule has 1 heterocycles. The largest absolute Gasteiger partial charge is 0.493 e. The zero-order valence-electron chi connectivity index (χ0n) is 12.4. The molecule has 1 aromatic carbocycles. The molecule has 0 aliphatic carbocycles. The Morgan fingerprint density at radius 1 is 1.19 bits per heavy atom. The first-order chi connectivity index (χ1) is 9.97. The second-order valence-corrected chi connectivity index (χ2v) is 5.71. The quantitative estimate of drug-likeness (QED) is 0.887. The number of nitrogens with zero attached hydrogens (tertiary/aromatic N) is 2. The summed E-state index contributed by atoms with van der Waals surface area (Å²) in [5.74, 6) is 2.38. The molecule has 6 nitrogen and oxygen atoms in total. The van der Waals surface area contributed by atoms with Gasteiger partial charge < -0.3 is 19.7 Å². The zero-order chi connectivity index (χ0) is 15.6. The Balaban J connectivity index is 2.39. The van der Waals surface area contributed by atoms with Crippen LogP contribution >= 0.6 is 15.9 Å². The van der Waals surface area contributed by atoms with Crippen molar-refractivity contribution < 1.29 is 14.0 Å². The van der Waals surface area contributed by atoms with E-state index in [4.69, 9.17) is 19.7 Å². The highest BCUT2D eigenvalue weighted by molar-refractivity contribution is 9.10. The highest BCUT2D eigenvalue weighted by atomic mass is 79.9. The summed E-state index contributed by atoms with van der Waals surface area (Å²) in [6.07, 6.45) is 0. The second kappa shape index (κ2) is 6.44. The molecule has 1 unspecified atom stereocenters. The van der Waals surface area contributed by atoms with Crippen molar-refractivity contribution in [3.63, 3.8) is 0 Å². The van der Waals surface area contributed by atoms with Crippen LogP contribution in [-0.4, -0.2) is 24.4 Å². The van der Waals surface area contributed by atoms with Crippen LogP contribution in [0.3, 0.4) is 0 Å². The molecule has 0 bridgehead atoms. The monoisotopic (exact) mass is 355 g/mol. The first kappa shape index (κ1) is 15.8. The van der Waals surface area contributed by atoms with Crippen LogP contribution in [0.4, 0.5) is 0 Å². The van der Waals surface area contributed by atoms with E-state index in [-0.39, 0.29) is 5.92 Å². The number of rotatable bonds is 5. The van der Waals surface area contributed by atoms with Gasteiger partial charge in [0.15, 0.2) is 17.3 Å². The topological polar surface area (TPSA) is 83.4 Å². The van der Waals surface area contributed by atoms with Gasteiger partial charge in [-0.15, -0.1) is 0 Å². The average molecular weight is 356 g/mol. The number of nitrogens with two attached hydrogens (primary N) is 1. The summed E-state index contributed by atoms with van der Waals surface area (Å²) < 4.78 is 16.5. The Morgan fingerprint density at radius 3 is 2.33 bits per heavy atom. The minimum atomic E-state index is -0.518. The van der Waals surface area contributed by atoms with Gasteiger partial charge >= 0.3 is 0 Å². The van der Waals surface area contributed by atoms with Crippen LogP contribution in [0.15, 0.2) is 21.1 Å². The van der Waals surface area contributed by atoms with Gasteiger partial charge in [0.25, 0.3) is 0 Å². The first-order valence-corrected chi connectivity index (χ1v) is 7.27. The van der Waals surface area contributed by atoms with E-state index >= 15 is 0 Å². The maximum absolute atomic E-state index is 6.23. The number of hydrogen-bond acceptors (Lipinski definition) is 6. The summed E-state index contributed by atoms with van der Waals surface area (Å²) in [6, 6.07) is 3.09. The van der Waals surface area contributed by atoms with Crippen LogP contribution in [0.1, 0.15) is 43.1 Å². The van der Waals surface area contributed by atoms with Crippen LogP contribution in [0.2, 0.25) is 0 Å². The molecule has 114 valence electrons. The van der Waals surface area contributed by atoms with Crippen molar-refractivity contribution in [3.05, 3.63) is 33.9 Å². The second-order valence-electron chi connectivity index (χ2n) is 4.85. The summed E-state index contributed by atoms with van der Waals surface area (Å²) in [5.41, 5.74) is 7.03. The number of methoxy groups -OCH3 is 2. The molecule has 7 heteroatoms. The standard InChI is InChI=1S/C14H18BrN3O3/c1-7(2)14-17-13(18-21-14)12(16)8-5-10(19-3)11(20-4)6-9(8)15/h5-7,12H,16H2,1-4H3. The SMILES string of the molecule is COc1cc(Br)c(C(N)c2noc(C(C)C)n2)cc1OC. The van der Waals surface area contributed by atoms with E-state index in [1.165, 1.54) is 0 Å². The third-order valence-electron chi connectivity index (χ3n) is 3.07. The zero-order valence-corrected chi connectivity index (χ0v) is 14.0. The summed E-state index contributed by atoms with van der Waals surface area (Å²) in [4.78, 5) is 4.33. The molecule has 0 amide bonds. The van der Waals surface area contributed by atoms with Crippen molar-refractivity contribution in [2.45, 2.75) is 25.8 Å². The Hall–Kier alpha value is -1.60. The Kier molecular flexibility index (Phi) is 4.84. The summed E-state index contributed by atoms with van der Waals surface area (Å²) >= 11 is 3.48. The molecule has 0 fully saturated rings. The third-order valence-corrected chi connectivity index (χ3v) is 3.75. The fourth-order valence-corrected chi connectivity index (χ4v) is 2.42. The molecule has 2 aromatic rings. The lowest BCUT2D eigenvalue weighted by molar-refractivity contribution is 0.353. The van der Waals surface area contributed by atoms with Crippen molar-refractivity contribution >= 4 is 15.9 Å². The molecule has 0 radical (unpaired) electrons. The molecular weight excluding hydrogens is 338 g/mol. The Morgan fingerprint density at radius 2 is 1.81 bits per heavy atom. The van der Waals surface area contributed by atoms with Gasteiger partial charge in [-0.3, -0.25) is 0 Å². The van der Waals surface area contributed by atoms with Gasteiger partial charge in [-0.05, 0) is 17.7 Å². The summed E-state index contributed by atoms with van der Waals surface area (Å²) in [6.45, 7) is 3.96. The number of hydrogen-bond donors (Lipinski definition) is 1. The molecule has 2 N–H and O–H groups in total. The molecule has 0 saturated carbocycles. The highest BCUT2D eigenvalue weighted by Gasteiger charge is 2.21. The highest BCUT2D eigenvalue weighted by Crippen LogP contribution is 2.36. The fraction of sp³-hybridized carbons (Fsp3) is 0.429. The summed E-state index contributed by atoms with van der Waals surface area (Å²) in [5, 5.41) is 3.95. The number of ether oxygens (including phenoxy) is 2. The molecule has 1 aromatic heterocycles. The lowest BCUT2D eigenvalue weighted by Crippen LogP contribution is -2.14. The fourth-order valence-electron chi connectivity index (χ4n) is 1.86. The maximum atomic E-state index is 6.23. The van der Waals surface area contributed by atoms with Crippen LogP contribution in [0.5, 0.6) is 11.5 Å². The van der Waals surface area contributed by atoms with E-state index in [9.17, 15) is 0 Å². The van der Waals surface area contributed by atoms with Crippen LogP contribution in [0, 0.1) is 0 Å². The van der Waals surface area contributed by atoms with Gasteiger partial charge in [-0.1, -0.05) is 34.9 Å². The number of aromatic nitrogens is 2. The van der Waals surface area contributed by atoms with Crippen molar-refractivity contribution in [1.29, 1.82) is 0 Å². The van der Waals surface area contributed by atoms with Gasteiger partial charge in [0.2, 0.25) is 5.89 Å². The van der Waals surface area contributed by atoms with Gasteiger partial charge in [-0.2, -0.15) is 4.98 Å². The third kappa shape index (κ3) is 3.19. The molecule has 21 heavy (non-hydrogen) atoms. The van der Waals surface area contributed by atoms with Gasteiger partial charge in [0.1, 0.15) is 0 Å². The van der Waals surface area contributed by atoms with E-state index < -0.39 is 6.04 Å². The smallest absolute Gasteiger partial charge is 0.229 e. The molecule has 2 rings (SSSR count). The molecule has 0 spiro atoms. The van der Waals surface area contributed by atoms with Gasteiger partial charge in [0, 0.05) is 10.4 Å². The van der Waals surface area contributed by atoms with E-state index in [0.29, 0.717) is 23.2 Å². The van der Waals surface area contributed by atoms with Gasteiger partial charge in [-0.25, -0.2) is 0 Å². The molecule has 0 saturated heterocycles. The lowest BCUT2D eigenvalue weighted by Gasteiger charge is -2.14. The van der Waals surface area contributed by atoms with Crippen LogP contribution < -0.4 is 15.2 Å².